The monoisotopic (exact) mass is 334 g/mol. The normalized spacial score (nSPS) is 11.2. The summed E-state index contributed by atoms with van der Waals surface area (Å²) in [5, 5.41) is 19.8. The number of benzene rings is 2. The molecule has 0 radical (unpaired) electrons. The van der Waals surface area contributed by atoms with Crippen LogP contribution in [-0.2, 0) is 4.79 Å². The highest BCUT2D eigenvalue weighted by atomic mass is 35.5. The third-order valence-corrected chi connectivity index (χ3v) is 3.45. The average Bonchev–Trinajstić information content (AvgIpc) is 2.54. The minimum atomic E-state index is -1.17. The van der Waals surface area contributed by atoms with E-state index in [0.29, 0.717) is 27.6 Å². The molecule has 0 saturated carbocycles. The Hall–Kier alpha value is -2.66. The molecule has 0 aromatic heterocycles. The quantitative estimate of drug-likeness (QED) is 0.644. The zero-order chi connectivity index (χ0) is 17.0. The zero-order valence-electron chi connectivity index (χ0n) is 12.5. The SMILES string of the molecule is COc1ccc(OC)c(/C(=C/c2cc(Cl)ccc2O)C(=O)O)c1. The van der Waals surface area contributed by atoms with Gasteiger partial charge in [-0.25, -0.2) is 4.79 Å². The van der Waals surface area contributed by atoms with Crippen LogP contribution < -0.4 is 9.47 Å². The third kappa shape index (κ3) is 3.76. The number of carboxylic acid groups (broad SMARTS) is 1. The lowest BCUT2D eigenvalue weighted by Crippen LogP contribution is -2.02. The maximum Gasteiger partial charge on any atom is 0.336 e. The summed E-state index contributed by atoms with van der Waals surface area (Å²) < 4.78 is 10.4. The molecule has 0 atom stereocenters. The summed E-state index contributed by atoms with van der Waals surface area (Å²) in [6, 6.07) is 9.23. The van der Waals surface area contributed by atoms with Crippen LogP contribution in [0.25, 0.3) is 11.6 Å². The third-order valence-electron chi connectivity index (χ3n) is 3.22. The number of carbonyl (C=O) groups is 1. The Morgan fingerprint density at radius 1 is 1.13 bits per heavy atom. The van der Waals surface area contributed by atoms with Crippen LogP contribution in [0.3, 0.4) is 0 Å². The standard InChI is InChI=1S/C17H15ClO5/c1-22-12-4-6-16(23-2)13(9-12)14(17(20)21)8-10-7-11(18)3-5-15(10)19/h3-9,19H,1-2H3,(H,20,21)/b14-8-. The van der Waals surface area contributed by atoms with Crippen LogP contribution in [0.2, 0.25) is 5.02 Å². The number of aliphatic carboxylic acids is 1. The van der Waals surface area contributed by atoms with Crippen molar-refractivity contribution < 1.29 is 24.5 Å². The van der Waals surface area contributed by atoms with Gasteiger partial charge in [0.1, 0.15) is 17.2 Å². The molecule has 0 aliphatic heterocycles. The first-order valence-corrected chi connectivity index (χ1v) is 7.00. The van der Waals surface area contributed by atoms with Crippen LogP contribution >= 0.6 is 11.6 Å². The summed E-state index contributed by atoms with van der Waals surface area (Å²) in [6.07, 6.45) is 1.33. The van der Waals surface area contributed by atoms with Gasteiger partial charge in [0.15, 0.2) is 0 Å². The van der Waals surface area contributed by atoms with Crippen molar-refractivity contribution in [3.8, 4) is 17.2 Å². The van der Waals surface area contributed by atoms with Crippen LogP contribution in [0.4, 0.5) is 0 Å². The minimum Gasteiger partial charge on any atom is -0.507 e. The number of phenols is 1. The van der Waals surface area contributed by atoms with Gasteiger partial charge in [-0.2, -0.15) is 0 Å². The number of carboxylic acids is 1. The predicted molar refractivity (Wildman–Crippen MR) is 88.2 cm³/mol. The lowest BCUT2D eigenvalue weighted by Gasteiger charge is -2.11. The van der Waals surface area contributed by atoms with E-state index < -0.39 is 5.97 Å². The molecule has 0 fully saturated rings. The summed E-state index contributed by atoms with van der Waals surface area (Å²) in [4.78, 5) is 11.7. The van der Waals surface area contributed by atoms with Gasteiger partial charge in [0, 0.05) is 16.1 Å². The molecule has 0 aliphatic carbocycles. The predicted octanol–water partition coefficient (Wildman–Crippen LogP) is 3.69. The fourth-order valence-corrected chi connectivity index (χ4v) is 2.26. The van der Waals surface area contributed by atoms with E-state index in [2.05, 4.69) is 0 Å². The first kappa shape index (κ1) is 16.7. The van der Waals surface area contributed by atoms with Crippen molar-refractivity contribution >= 4 is 29.2 Å². The number of hydrogen-bond acceptors (Lipinski definition) is 4. The average molecular weight is 335 g/mol. The highest BCUT2D eigenvalue weighted by Gasteiger charge is 2.17. The Bertz CT molecular complexity index is 768. The van der Waals surface area contributed by atoms with E-state index in [9.17, 15) is 15.0 Å². The number of hydrogen-bond donors (Lipinski definition) is 2. The summed E-state index contributed by atoms with van der Waals surface area (Å²) in [7, 11) is 2.93. The van der Waals surface area contributed by atoms with Gasteiger partial charge < -0.3 is 19.7 Å². The molecule has 0 amide bonds. The molecule has 120 valence electrons. The smallest absolute Gasteiger partial charge is 0.336 e. The lowest BCUT2D eigenvalue weighted by molar-refractivity contribution is -0.130. The number of phenolic OH excluding ortho intramolecular Hbond substituents is 1. The second kappa shape index (κ2) is 7.07. The summed E-state index contributed by atoms with van der Waals surface area (Å²) in [6.45, 7) is 0. The van der Waals surface area contributed by atoms with Crippen LogP contribution in [0.15, 0.2) is 36.4 Å². The molecule has 2 N–H and O–H groups in total. The fourth-order valence-electron chi connectivity index (χ4n) is 2.08. The molecular formula is C17H15ClO5. The Balaban J connectivity index is 2.65. The molecule has 2 aromatic rings. The second-order valence-electron chi connectivity index (χ2n) is 4.63. The fraction of sp³-hybridized carbons (Fsp3) is 0.118. The number of rotatable bonds is 5. The Morgan fingerprint density at radius 3 is 2.48 bits per heavy atom. The van der Waals surface area contributed by atoms with E-state index in [1.54, 1.807) is 18.2 Å². The molecule has 2 rings (SSSR count). The van der Waals surface area contributed by atoms with Crippen molar-refractivity contribution in [1.82, 2.24) is 0 Å². The topological polar surface area (TPSA) is 76.0 Å². The zero-order valence-corrected chi connectivity index (χ0v) is 13.3. The Morgan fingerprint density at radius 2 is 1.87 bits per heavy atom. The Kier molecular flexibility index (Phi) is 5.13. The van der Waals surface area contributed by atoms with E-state index in [-0.39, 0.29) is 11.3 Å². The maximum absolute atomic E-state index is 11.7. The number of halogens is 1. The van der Waals surface area contributed by atoms with Crippen LogP contribution in [0, 0.1) is 0 Å². The van der Waals surface area contributed by atoms with Crippen molar-refractivity contribution in [2.24, 2.45) is 0 Å². The first-order valence-electron chi connectivity index (χ1n) is 6.62. The van der Waals surface area contributed by atoms with Gasteiger partial charge in [-0.3, -0.25) is 0 Å². The van der Waals surface area contributed by atoms with Crippen LogP contribution in [-0.4, -0.2) is 30.4 Å². The van der Waals surface area contributed by atoms with E-state index >= 15 is 0 Å². The summed E-state index contributed by atoms with van der Waals surface area (Å²) >= 11 is 5.90. The highest BCUT2D eigenvalue weighted by molar-refractivity contribution is 6.31. The van der Waals surface area contributed by atoms with Gasteiger partial charge in [0.2, 0.25) is 0 Å². The van der Waals surface area contributed by atoms with Crippen molar-refractivity contribution in [1.29, 1.82) is 0 Å². The molecule has 0 spiro atoms. The minimum absolute atomic E-state index is 0.0571. The van der Waals surface area contributed by atoms with E-state index in [1.807, 2.05) is 0 Å². The molecule has 0 saturated heterocycles. The van der Waals surface area contributed by atoms with Gasteiger partial charge in [-0.15, -0.1) is 0 Å². The van der Waals surface area contributed by atoms with Crippen molar-refractivity contribution in [2.45, 2.75) is 0 Å². The van der Waals surface area contributed by atoms with Crippen molar-refractivity contribution in [3.63, 3.8) is 0 Å². The summed E-state index contributed by atoms with van der Waals surface area (Å²) in [5.41, 5.74) is 0.566. The Labute approximate surface area is 138 Å². The van der Waals surface area contributed by atoms with Gasteiger partial charge >= 0.3 is 5.97 Å². The summed E-state index contributed by atoms with van der Waals surface area (Å²) in [5.74, 6) is -0.379. The molecule has 5 nitrogen and oxygen atoms in total. The van der Waals surface area contributed by atoms with E-state index in [1.165, 1.54) is 38.5 Å². The molecule has 2 aromatic carbocycles. The number of methoxy groups -OCH3 is 2. The highest BCUT2D eigenvalue weighted by Crippen LogP contribution is 2.33. The van der Waals surface area contributed by atoms with Gasteiger partial charge in [-0.1, -0.05) is 11.6 Å². The van der Waals surface area contributed by atoms with Crippen LogP contribution in [0.5, 0.6) is 17.2 Å². The molecule has 6 heteroatoms. The van der Waals surface area contributed by atoms with Crippen molar-refractivity contribution in [3.05, 3.63) is 52.5 Å². The molecule has 23 heavy (non-hydrogen) atoms. The van der Waals surface area contributed by atoms with E-state index in [4.69, 9.17) is 21.1 Å². The first-order chi connectivity index (χ1) is 11.0. The molecule has 0 aliphatic rings. The van der Waals surface area contributed by atoms with Crippen molar-refractivity contribution in [2.75, 3.05) is 14.2 Å². The lowest BCUT2D eigenvalue weighted by atomic mass is 10.0. The molecular weight excluding hydrogens is 320 g/mol. The molecule has 0 bridgehead atoms. The number of ether oxygens (including phenoxy) is 2. The van der Waals surface area contributed by atoms with Gasteiger partial charge in [-0.05, 0) is 42.5 Å². The molecule has 0 unspecified atom stereocenters. The van der Waals surface area contributed by atoms with Gasteiger partial charge in [0.05, 0.1) is 19.8 Å². The maximum atomic E-state index is 11.7. The largest absolute Gasteiger partial charge is 0.507 e. The second-order valence-corrected chi connectivity index (χ2v) is 5.07. The number of aromatic hydroxyl groups is 1. The van der Waals surface area contributed by atoms with Crippen LogP contribution in [0.1, 0.15) is 11.1 Å². The van der Waals surface area contributed by atoms with E-state index in [0.717, 1.165) is 0 Å². The van der Waals surface area contributed by atoms with Gasteiger partial charge in [0.25, 0.3) is 0 Å². The molecule has 0 heterocycles.